The summed E-state index contributed by atoms with van der Waals surface area (Å²) >= 11 is 1.67. The molecule has 0 spiro atoms. The Morgan fingerprint density at radius 2 is 2.21 bits per heavy atom. The van der Waals surface area contributed by atoms with Gasteiger partial charge in [-0.05, 0) is 35.2 Å². The third kappa shape index (κ3) is 1.90. The van der Waals surface area contributed by atoms with Gasteiger partial charge in [0.05, 0.1) is 0 Å². The highest BCUT2D eigenvalue weighted by Crippen LogP contribution is 2.39. The van der Waals surface area contributed by atoms with Gasteiger partial charge in [0.15, 0.2) is 0 Å². The number of hydrogen-bond acceptors (Lipinski definition) is 2. The van der Waals surface area contributed by atoms with Gasteiger partial charge in [0.1, 0.15) is 5.78 Å². The van der Waals surface area contributed by atoms with Crippen molar-refractivity contribution in [1.82, 2.24) is 0 Å². The van der Waals surface area contributed by atoms with Gasteiger partial charge in [0.25, 0.3) is 0 Å². The SMILES string of the molecule is CC1(C(=O)Cc2ccsc2)CCCC1. The van der Waals surface area contributed by atoms with E-state index < -0.39 is 0 Å². The van der Waals surface area contributed by atoms with Gasteiger partial charge >= 0.3 is 0 Å². The van der Waals surface area contributed by atoms with Crippen LogP contribution in [0.1, 0.15) is 38.2 Å². The monoisotopic (exact) mass is 208 g/mol. The molecular formula is C12H16OS. The van der Waals surface area contributed by atoms with Gasteiger partial charge < -0.3 is 0 Å². The average molecular weight is 208 g/mol. The number of carbonyl (C=O) groups excluding carboxylic acids is 1. The van der Waals surface area contributed by atoms with Crippen LogP contribution in [0.15, 0.2) is 16.8 Å². The summed E-state index contributed by atoms with van der Waals surface area (Å²) in [5.74, 6) is 0.438. The molecule has 1 saturated carbocycles. The van der Waals surface area contributed by atoms with Crippen LogP contribution in [0.3, 0.4) is 0 Å². The molecule has 1 nitrogen and oxygen atoms in total. The Kier molecular flexibility index (Phi) is 2.73. The molecule has 2 rings (SSSR count). The lowest BCUT2D eigenvalue weighted by Gasteiger charge is -2.21. The minimum absolute atomic E-state index is 0.0120. The summed E-state index contributed by atoms with van der Waals surface area (Å²) in [7, 11) is 0. The molecule has 76 valence electrons. The number of thiophene rings is 1. The van der Waals surface area contributed by atoms with Crippen LogP contribution in [0.25, 0.3) is 0 Å². The maximum Gasteiger partial charge on any atom is 0.143 e. The average Bonchev–Trinajstić information content (AvgIpc) is 2.76. The van der Waals surface area contributed by atoms with Gasteiger partial charge in [-0.1, -0.05) is 19.8 Å². The lowest BCUT2D eigenvalue weighted by Crippen LogP contribution is -2.25. The molecule has 0 saturated heterocycles. The molecule has 14 heavy (non-hydrogen) atoms. The Balaban J connectivity index is 2.02. The zero-order valence-corrected chi connectivity index (χ0v) is 9.40. The van der Waals surface area contributed by atoms with Gasteiger partial charge in [0, 0.05) is 11.8 Å². The van der Waals surface area contributed by atoms with E-state index in [1.54, 1.807) is 11.3 Å². The van der Waals surface area contributed by atoms with E-state index >= 15 is 0 Å². The van der Waals surface area contributed by atoms with Gasteiger partial charge in [-0.3, -0.25) is 4.79 Å². The van der Waals surface area contributed by atoms with E-state index in [2.05, 4.69) is 18.4 Å². The summed E-state index contributed by atoms with van der Waals surface area (Å²) in [6.07, 6.45) is 5.28. The number of hydrogen-bond donors (Lipinski definition) is 0. The number of ketones is 1. The highest BCUT2D eigenvalue weighted by molar-refractivity contribution is 7.07. The summed E-state index contributed by atoms with van der Waals surface area (Å²) in [5.41, 5.74) is 1.18. The standard InChI is InChI=1S/C12H16OS/c1-12(5-2-3-6-12)11(13)8-10-4-7-14-9-10/h4,7,9H,2-3,5-6,8H2,1H3. The van der Waals surface area contributed by atoms with Crippen LogP contribution in [0, 0.1) is 5.41 Å². The minimum atomic E-state index is -0.0120. The fraction of sp³-hybridized carbons (Fsp3) is 0.583. The molecule has 0 amide bonds. The molecule has 1 aromatic rings. The Morgan fingerprint density at radius 3 is 2.79 bits per heavy atom. The van der Waals surface area contributed by atoms with Crippen LogP contribution in [0.5, 0.6) is 0 Å². The molecule has 0 bridgehead atoms. The van der Waals surface area contributed by atoms with Crippen LogP contribution < -0.4 is 0 Å². The van der Waals surface area contributed by atoms with Crippen LogP contribution >= 0.6 is 11.3 Å². The van der Waals surface area contributed by atoms with Crippen LogP contribution in [-0.4, -0.2) is 5.78 Å². The first kappa shape index (κ1) is 9.91. The number of Topliss-reactive ketones (excluding diaryl/α,β-unsaturated/α-hetero) is 1. The molecule has 1 aliphatic carbocycles. The van der Waals surface area contributed by atoms with E-state index in [-0.39, 0.29) is 5.41 Å². The first-order chi connectivity index (χ1) is 6.71. The third-order valence-corrected chi connectivity index (χ3v) is 4.06. The largest absolute Gasteiger partial charge is 0.299 e. The van der Waals surface area contributed by atoms with E-state index in [0.717, 1.165) is 12.8 Å². The summed E-state index contributed by atoms with van der Waals surface area (Å²) in [6.45, 7) is 2.13. The fourth-order valence-corrected chi connectivity index (χ4v) is 2.89. The second-order valence-corrected chi connectivity index (χ2v) is 5.28. The molecule has 0 N–H and O–H groups in total. The van der Waals surface area contributed by atoms with E-state index in [0.29, 0.717) is 12.2 Å². The third-order valence-electron chi connectivity index (χ3n) is 3.33. The Labute approximate surface area is 89.1 Å². The van der Waals surface area contributed by atoms with Crippen LogP contribution in [-0.2, 0) is 11.2 Å². The van der Waals surface area contributed by atoms with Crippen molar-refractivity contribution in [3.8, 4) is 0 Å². The molecule has 1 aromatic heterocycles. The second kappa shape index (κ2) is 3.85. The van der Waals surface area contributed by atoms with Crippen LogP contribution in [0.4, 0.5) is 0 Å². The molecule has 0 atom stereocenters. The van der Waals surface area contributed by atoms with E-state index in [1.807, 2.05) is 5.38 Å². The molecule has 1 aliphatic rings. The molecule has 0 radical (unpaired) electrons. The minimum Gasteiger partial charge on any atom is -0.299 e. The Morgan fingerprint density at radius 1 is 1.50 bits per heavy atom. The molecule has 1 fully saturated rings. The van der Waals surface area contributed by atoms with Crippen molar-refractivity contribution < 1.29 is 4.79 Å². The van der Waals surface area contributed by atoms with Crippen molar-refractivity contribution >= 4 is 17.1 Å². The van der Waals surface area contributed by atoms with Crippen molar-refractivity contribution in [2.45, 2.75) is 39.0 Å². The summed E-state index contributed by atoms with van der Waals surface area (Å²) in [5, 5.41) is 4.12. The van der Waals surface area contributed by atoms with Gasteiger partial charge in [-0.2, -0.15) is 11.3 Å². The summed E-state index contributed by atoms with van der Waals surface area (Å²) < 4.78 is 0. The zero-order valence-electron chi connectivity index (χ0n) is 8.58. The molecule has 1 heterocycles. The molecular weight excluding hydrogens is 192 g/mol. The number of rotatable bonds is 3. The normalized spacial score (nSPS) is 19.8. The first-order valence-corrected chi connectivity index (χ1v) is 6.19. The van der Waals surface area contributed by atoms with E-state index in [4.69, 9.17) is 0 Å². The highest BCUT2D eigenvalue weighted by Gasteiger charge is 2.35. The molecule has 0 aliphatic heterocycles. The van der Waals surface area contributed by atoms with Gasteiger partial charge in [-0.25, -0.2) is 0 Å². The zero-order chi connectivity index (χ0) is 10.0. The smallest absolute Gasteiger partial charge is 0.143 e. The van der Waals surface area contributed by atoms with E-state index in [9.17, 15) is 4.79 Å². The van der Waals surface area contributed by atoms with Gasteiger partial charge in [-0.15, -0.1) is 0 Å². The van der Waals surface area contributed by atoms with Crippen molar-refractivity contribution in [2.24, 2.45) is 5.41 Å². The summed E-state index contributed by atoms with van der Waals surface area (Å²) in [4.78, 5) is 12.0. The maximum atomic E-state index is 12.0. The van der Waals surface area contributed by atoms with Crippen LogP contribution in [0.2, 0.25) is 0 Å². The molecule has 0 aromatic carbocycles. The molecule has 0 unspecified atom stereocenters. The highest BCUT2D eigenvalue weighted by atomic mass is 32.1. The van der Waals surface area contributed by atoms with Crippen molar-refractivity contribution in [2.75, 3.05) is 0 Å². The maximum absolute atomic E-state index is 12.0. The quantitative estimate of drug-likeness (QED) is 0.743. The predicted octanol–water partition coefficient (Wildman–Crippen LogP) is 3.44. The van der Waals surface area contributed by atoms with Crippen molar-refractivity contribution in [1.29, 1.82) is 0 Å². The topological polar surface area (TPSA) is 17.1 Å². The number of carbonyl (C=O) groups is 1. The van der Waals surface area contributed by atoms with E-state index in [1.165, 1.54) is 18.4 Å². The van der Waals surface area contributed by atoms with Gasteiger partial charge in [0.2, 0.25) is 0 Å². The second-order valence-electron chi connectivity index (χ2n) is 4.50. The Bertz CT molecular complexity index is 307. The summed E-state index contributed by atoms with van der Waals surface area (Å²) in [6, 6.07) is 2.06. The molecule has 2 heteroatoms. The van der Waals surface area contributed by atoms with Crippen molar-refractivity contribution in [3.05, 3.63) is 22.4 Å². The van der Waals surface area contributed by atoms with Crippen molar-refractivity contribution in [3.63, 3.8) is 0 Å². The Hall–Kier alpha value is -0.630. The first-order valence-electron chi connectivity index (χ1n) is 5.25. The lowest BCUT2D eigenvalue weighted by molar-refractivity contribution is -0.126. The lowest BCUT2D eigenvalue weighted by atomic mass is 9.82. The predicted molar refractivity (Wildman–Crippen MR) is 59.6 cm³/mol. The fourth-order valence-electron chi connectivity index (χ4n) is 2.23.